The number of halogens is 3. The molecule has 1 unspecified atom stereocenters. The van der Waals surface area contributed by atoms with Crippen LogP contribution in [0.25, 0.3) is 10.8 Å². The molecule has 3 fully saturated rings. The Hall–Kier alpha value is -4.68. The first-order valence-corrected chi connectivity index (χ1v) is 20.3. The molecule has 7 atom stereocenters. The maximum absolute atomic E-state index is 14.9. The molecule has 2 saturated carbocycles. The lowest BCUT2D eigenvalue weighted by Gasteiger charge is -2.34. The second kappa shape index (κ2) is 15.9. The number of amides is 4. The van der Waals surface area contributed by atoms with Gasteiger partial charge in [-0.15, -0.1) is 10.2 Å². The smallest absolute Gasteiger partial charge is 0.427 e. The van der Waals surface area contributed by atoms with Crippen LogP contribution < -0.4 is 24.8 Å². The van der Waals surface area contributed by atoms with E-state index < -0.39 is 107 Å². The predicted octanol–water partition coefficient (Wildman–Crippen LogP) is 4.31. The Balaban J connectivity index is 1.39. The fourth-order valence-corrected chi connectivity index (χ4v) is 8.76. The molecule has 4 amide bonds. The minimum atomic E-state index is -6.15. The number of allylic oxidation sites excluding steroid dienone is 1. The first-order chi connectivity index (χ1) is 29.3. The van der Waals surface area contributed by atoms with E-state index in [0.717, 1.165) is 4.90 Å². The van der Waals surface area contributed by atoms with E-state index in [-0.39, 0.29) is 43.5 Å². The zero-order valence-electron chi connectivity index (χ0n) is 37.4. The van der Waals surface area contributed by atoms with Gasteiger partial charge in [0.05, 0.1) is 29.2 Å². The first-order valence-electron chi connectivity index (χ1n) is 21.7. The van der Waals surface area contributed by atoms with Crippen LogP contribution in [0.4, 0.5) is 18.0 Å². The number of fused-ring (bicyclic) bond motifs is 3. The fourth-order valence-electron chi connectivity index (χ4n) is 7.39. The summed E-state index contributed by atoms with van der Waals surface area (Å²) in [6.45, 7) is -4.07. The molecule has 1 aromatic heterocycles. The van der Waals surface area contributed by atoms with Gasteiger partial charge < -0.3 is 29.7 Å². The number of hydrogen-bond acceptors (Lipinski definition) is 11. The Morgan fingerprint density at radius 3 is 2.40 bits per heavy atom. The number of benzene rings is 1. The van der Waals surface area contributed by atoms with Gasteiger partial charge in [0.15, 0.2) is 0 Å². The third kappa shape index (κ3) is 9.07. The number of hydrogen-bond donors (Lipinski definition) is 3. The summed E-state index contributed by atoms with van der Waals surface area (Å²) in [5.74, 6) is -4.67. The van der Waals surface area contributed by atoms with Crippen LogP contribution in [0.1, 0.15) is 87.6 Å². The van der Waals surface area contributed by atoms with Gasteiger partial charge in [0, 0.05) is 20.6 Å². The maximum atomic E-state index is 14.9. The van der Waals surface area contributed by atoms with Crippen LogP contribution in [0.2, 0.25) is 0 Å². The minimum absolute atomic E-state index is 0.00611. The highest BCUT2D eigenvalue weighted by molar-refractivity contribution is 7.91. The molecule has 3 N–H and O–H groups in total. The van der Waals surface area contributed by atoms with Crippen LogP contribution in [-0.4, -0.2) is 101 Å². The summed E-state index contributed by atoms with van der Waals surface area (Å²) in [5.41, 5.74) is -6.77. The Morgan fingerprint density at radius 2 is 1.75 bits per heavy atom. The van der Waals surface area contributed by atoms with E-state index >= 15 is 0 Å². The molecule has 19 heteroatoms. The number of nitrogens with one attached hydrogen (secondary N) is 3. The molecule has 6 rings (SSSR count). The molecule has 3 heterocycles. The second-order valence-corrected chi connectivity index (χ2v) is 17.2. The van der Waals surface area contributed by atoms with Crippen LogP contribution >= 0.6 is 0 Å². The van der Waals surface area contributed by atoms with Crippen molar-refractivity contribution in [3.05, 3.63) is 36.4 Å². The van der Waals surface area contributed by atoms with E-state index in [1.165, 1.54) is 6.92 Å². The quantitative estimate of drug-likeness (QED) is 0.305. The average Bonchev–Trinajstić information content (AvgIpc) is 4.10. The van der Waals surface area contributed by atoms with E-state index in [4.69, 9.17) is 17.7 Å². The Morgan fingerprint density at radius 1 is 1.07 bits per heavy atom. The van der Waals surface area contributed by atoms with Crippen molar-refractivity contribution in [2.45, 2.75) is 120 Å². The molecule has 0 radical (unpaired) electrons. The molecule has 57 heavy (non-hydrogen) atoms. The molecule has 4 aliphatic rings. The van der Waals surface area contributed by atoms with E-state index in [1.54, 1.807) is 50.3 Å². The highest BCUT2D eigenvalue weighted by Gasteiger charge is 2.62. The number of rotatable bonds is 9. The number of carbonyl (C=O) groups is 4. The normalized spacial score (nSPS) is 31.2. The molecule has 15 nitrogen and oxygen atoms in total. The summed E-state index contributed by atoms with van der Waals surface area (Å²) in [6.07, 6.45) is -4.55. The largest absolute Gasteiger partial charge is 0.476 e. The second-order valence-electron chi connectivity index (χ2n) is 15.2. The van der Waals surface area contributed by atoms with Gasteiger partial charge in [0.1, 0.15) is 23.7 Å². The zero-order valence-corrected chi connectivity index (χ0v) is 32.2. The lowest BCUT2D eigenvalue weighted by atomic mass is 9.88. The molecular weight excluding hydrogens is 774 g/mol. The van der Waals surface area contributed by atoms with Gasteiger partial charge in [-0.05, 0) is 83.1 Å². The van der Waals surface area contributed by atoms with Crippen molar-refractivity contribution in [1.82, 2.24) is 30.5 Å². The summed E-state index contributed by atoms with van der Waals surface area (Å²) < 4.78 is 133. The number of carbonyl (C=O) groups excluding carboxylic acids is 4. The molecule has 0 spiro atoms. The summed E-state index contributed by atoms with van der Waals surface area (Å²) in [6, 6.07) is 3.41. The van der Waals surface area contributed by atoms with Crippen LogP contribution in [0.3, 0.4) is 0 Å². The van der Waals surface area contributed by atoms with Crippen LogP contribution in [-0.2, 0) is 29.1 Å². The van der Waals surface area contributed by atoms with Crippen molar-refractivity contribution in [3.8, 4) is 11.8 Å². The van der Waals surface area contributed by atoms with Crippen LogP contribution in [0, 0.1) is 17.8 Å². The van der Waals surface area contributed by atoms with Crippen molar-refractivity contribution in [1.29, 1.82) is 0 Å². The summed E-state index contributed by atoms with van der Waals surface area (Å²) >= 11 is 0. The monoisotopic (exact) mass is 828 g/mol. The van der Waals surface area contributed by atoms with Gasteiger partial charge in [0.25, 0.3) is 5.91 Å². The lowest BCUT2D eigenvalue weighted by molar-refractivity contribution is -0.244. The Bertz CT molecular complexity index is 2210. The van der Waals surface area contributed by atoms with Crippen LogP contribution in [0.15, 0.2) is 36.4 Å². The summed E-state index contributed by atoms with van der Waals surface area (Å²) in [7, 11) is -4.07. The standard InChI is InChI=1S/C38H49F3N6O9S/c1-6-54-31-26-13-9-10-14-27(26)32(45-44-31)55-24-18-28-30(48)43-37(34(50)46-57(52,53)25-15-16-25)19-23(37)12-8-7-11-21(2)17-22(3)29(33(49)47(28)20-24)42-35(51)56-36(4,5)38(39,40)41/h8-10,12-14,21-25,28-29H,6-7,11,15-20H2,1-5H3,(H,42,51)(H,43,48)(H,46,50)/b12-8-/t21-,22-,23?,24-,28+,29+,37-/m1/s1/i4D3,5D3. The van der Waals surface area contributed by atoms with E-state index in [1.807, 2.05) is 5.32 Å². The molecule has 312 valence electrons. The molecule has 1 saturated heterocycles. The van der Waals surface area contributed by atoms with Gasteiger partial charge >= 0.3 is 12.3 Å². The fraction of sp³-hybridized carbons (Fsp3) is 0.632. The number of sulfonamides is 1. The summed E-state index contributed by atoms with van der Waals surface area (Å²) in [4.78, 5) is 57.7. The van der Waals surface area contributed by atoms with Gasteiger partial charge in [-0.2, -0.15) is 13.2 Å². The minimum Gasteiger partial charge on any atom is -0.476 e. The van der Waals surface area contributed by atoms with Gasteiger partial charge in [-0.1, -0.05) is 38.1 Å². The van der Waals surface area contributed by atoms with Crippen molar-refractivity contribution in [2.24, 2.45) is 17.8 Å². The van der Waals surface area contributed by atoms with Gasteiger partial charge in [-0.25, -0.2) is 13.2 Å². The topological polar surface area (TPSA) is 195 Å². The van der Waals surface area contributed by atoms with Crippen molar-refractivity contribution in [3.63, 3.8) is 0 Å². The number of alkyl halides is 3. The Labute approximate surface area is 337 Å². The third-order valence-electron chi connectivity index (χ3n) is 10.7. The molecule has 2 aliphatic carbocycles. The van der Waals surface area contributed by atoms with Gasteiger partial charge in [0.2, 0.25) is 39.2 Å². The molecular formula is C38H49F3N6O9S. The maximum Gasteiger partial charge on any atom is 0.427 e. The number of ether oxygens (including phenoxy) is 3. The average molecular weight is 829 g/mol. The Kier molecular flexibility index (Phi) is 9.60. The van der Waals surface area contributed by atoms with Crippen molar-refractivity contribution in [2.75, 3.05) is 13.2 Å². The summed E-state index contributed by atoms with van der Waals surface area (Å²) in [5, 5.41) is 13.2. The zero-order chi connectivity index (χ0) is 46.5. The number of alkyl carbamates (subject to hydrolysis) is 1. The molecule has 2 aromatic rings. The highest BCUT2D eigenvalue weighted by atomic mass is 32.2. The number of nitrogens with zero attached hydrogens (tertiary/aromatic N) is 3. The lowest BCUT2D eigenvalue weighted by Crippen LogP contribution is -2.59. The highest BCUT2D eigenvalue weighted by Crippen LogP contribution is 2.46. The molecule has 0 bridgehead atoms. The van der Waals surface area contributed by atoms with Crippen molar-refractivity contribution < 1.29 is 63.2 Å². The molecule has 1 aromatic carbocycles. The number of aromatic nitrogens is 2. The van der Waals surface area contributed by atoms with E-state index in [9.17, 15) is 40.8 Å². The first kappa shape index (κ1) is 34.4. The SMILES string of the molecule is [2H]C([2H])([2H])C(OC(=O)N[C@@H]1C(=O)N2C[C@H](Oc3nnc(OCC)c4ccccc34)C[C@H]2C(=O)N[C@]2(C(=O)NS(=O)(=O)C3CC3)CC2/C=C\CC[C@@H](C)C[C@H]1C)(C([2H])([2H])[2H])C(F)(F)F. The van der Waals surface area contributed by atoms with E-state index in [0.29, 0.717) is 36.5 Å². The van der Waals surface area contributed by atoms with Crippen molar-refractivity contribution >= 4 is 44.6 Å². The predicted molar refractivity (Wildman–Crippen MR) is 199 cm³/mol. The molecule has 2 aliphatic heterocycles. The van der Waals surface area contributed by atoms with Crippen LogP contribution in [0.5, 0.6) is 11.8 Å². The van der Waals surface area contributed by atoms with E-state index in [2.05, 4.69) is 25.0 Å². The third-order valence-corrected chi connectivity index (χ3v) is 12.5. The van der Waals surface area contributed by atoms with Gasteiger partial charge in [-0.3, -0.25) is 19.1 Å².